The van der Waals surface area contributed by atoms with E-state index in [9.17, 15) is 18.0 Å². The number of amides is 1. The fraction of sp³-hybridized carbons (Fsp3) is 0.200. The number of hydrogen-bond acceptors (Lipinski definition) is 2. The maximum absolute atomic E-state index is 15.8. The predicted molar refractivity (Wildman–Crippen MR) is 123 cm³/mol. The van der Waals surface area contributed by atoms with E-state index in [-0.39, 0.29) is 33.1 Å². The first kappa shape index (κ1) is 22.4. The van der Waals surface area contributed by atoms with Crippen molar-refractivity contribution in [3.8, 4) is 16.8 Å². The molecule has 1 saturated heterocycles. The summed E-state index contributed by atoms with van der Waals surface area (Å²) >= 11 is 6.01. The van der Waals surface area contributed by atoms with Gasteiger partial charge in [0.25, 0.3) is 0 Å². The average molecular weight is 488 g/mol. The minimum Gasteiger partial charge on any atom is -0.312 e. The third-order valence-corrected chi connectivity index (χ3v) is 6.15. The molecular weight excluding hydrogens is 470 g/mol. The van der Waals surface area contributed by atoms with Crippen molar-refractivity contribution >= 4 is 34.1 Å². The van der Waals surface area contributed by atoms with E-state index in [1.165, 1.54) is 24.3 Å². The standard InChI is InChI=1S/C25H18ClF4N3O/c26-16-4-3-5-18(14-16)33-23-20(24(31-33)25(28,29)30)12-11-19(22(23)27)15-7-9-17(10-8-15)32-13-2-1-6-21(32)34/h3-5,7-12,14H,1-2,6,13H2. The first-order valence-corrected chi connectivity index (χ1v) is 11.1. The zero-order chi connectivity index (χ0) is 24.0. The summed E-state index contributed by atoms with van der Waals surface area (Å²) in [6, 6.07) is 15.4. The predicted octanol–water partition coefficient (Wildman–Crippen LogP) is 7.02. The fourth-order valence-corrected chi connectivity index (χ4v) is 4.48. The molecule has 0 radical (unpaired) electrons. The van der Waals surface area contributed by atoms with Gasteiger partial charge in [-0.2, -0.15) is 18.3 Å². The molecule has 2 heterocycles. The topological polar surface area (TPSA) is 38.1 Å². The Labute approximate surface area is 197 Å². The Morgan fingerprint density at radius 2 is 1.71 bits per heavy atom. The molecule has 1 aliphatic heterocycles. The summed E-state index contributed by atoms with van der Waals surface area (Å²) in [7, 11) is 0. The van der Waals surface area contributed by atoms with Gasteiger partial charge in [0, 0.05) is 34.6 Å². The zero-order valence-corrected chi connectivity index (χ0v) is 18.5. The molecule has 1 fully saturated rings. The Balaban J connectivity index is 1.64. The lowest BCUT2D eigenvalue weighted by Gasteiger charge is -2.26. The highest BCUT2D eigenvalue weighted by atomic mass is 35.5. The van der Waals surface area contributed by atoms with Crippen LogP contribution in [0.5, 0.6) is 0 Å². The summed E-state index contributed by atoms with van der Waals surface area (Å²) in [5, 5.41) is 3.64. The van der Waals surface area contributed by atoms with E-state index in [0.29, 0.717) is 24.2 Å². The third kappa shape index (κ3) is 3.92. The van der Waals surface area contributed by atoms with Gasteiger partial charge in [-0.1, -0.05) is 35.9 Å². The molecule has 174 valence electrons. The van der Waals surface area contributed by atoms with Crippen molar-refractivity contribution in [3.63, 3.8) is 0 Å². The van der Waals surface area contributed by atoms with Crippen LogP contribution in [0.1, 0.15) is 25.0 Å². The van der Waals surface area contributed by atoms with Crippen molar-refractivity contribution in [1.29, 1.82) is 0 Å². The number of alkyl halides is 3. The number of aromatic nitrogens is 2. The number of halogens is 5. The van der Waals surface area contributed by atoms with Gasteiger partial charge in [0.1, 0.15) is 5.52 Å². The van der Waals surface area contributed by atoms with Crippen LogP contribution >= 0.6 is 11.6 Å². The minimum atomic E-state index is -4.77. The van der Waals surface area contributed by atoms with Gasteiger partial charge in [0.2, 0.25) is 5.91 Å². The molecule has 1 amide bonds. The summed E-state index contributed by atoms with van der Waals surface area (Å²) in [5.41, 5.74) is 0.0523. The van der Waals surface area contributed by atoms with E-state index in [0.717, 1.165) is 17.5 Å². The van der Waals surface area contributed by atoms with Crippen molar-refractivity contribution in [2.24, 2.45) is 0 Å². The van der Waals surface area contributed by atoms with Crippen LogP contribution in [0.25, 0.3) is 27.7 Å². The van der Waals surface area contributed by atoms with Crippen molar-refractivity contribution in [2.75, 3.05) is 11.4 Å². The van der Waals surface area contributed by atoms with Gasteiger partial charge < -0.3 is 4.90 Å². The van der Waals surface area contributed by atoms with E-state index in [2.05, 4.69) is 5.10 Å². The summed E-state index contributed by atoms with van der Waals surface area (Å²) in [6.45, 7) is 0.623. The van der Waals surface area contributed by atoms with Crippen LogP contribution in [-0.4, -0.2) is 22.2 Å². The maximum Gasteiger partial charge on any atom is 0.435 e. The molecule has 34 heavy (non-hydrogen) atoms. The molecule has 0 atom stereocenters. The van der Waals surface area contributed by atoms with Crippen LogP contribution in [0, 0.1) is 5.82 Å². The number of anilines is 1. The number of carbonyl (C=O) groups is 1. The van der Waals surface area contributed by atoms with Crippen LogP contribution in [0.4, 0.5) is 23.2 Å². The molecule has 4 aromatic rings. The Morgan fingerprint density at radius 1 is 0.941 bits per heavy atom. The zero-order valence-electron chi connectivity index (χ0n) is 17.7. The van der Waals surface area contributed by atoms with E-state index >= 15 is 4.39 Å². The summed E-state index contributed by atoms with van der Waals surface area (Å²) in [4.78, 5) is 13.9. The van der Waals surface area contributed by atoms with Crippen LogP contribution < -0.4 is 4.90 Å². The highest BCUT2D eigenvalue weighted by Crippen LogP contribution is 2.39. The van der Waals surface area contributed by atoms with Gasteiger partial charge in [-0.3, -0.25) is 4.79 Å². The van der Waals surface area contributed by atoms with Crippen molar-refractivity contribution in [3.05, 3.63) is 77.2 Å². The Hall–Kier alpha value is -3.39. The summed E-state index contributed by atoms with van der Waals surface area (Å²) < 4.78 is 57.8. The van der Waals surface area contributed by atoms with E-state index < -0.39 is 17.7 Å². The number of carbonyl (C=O) groups excluding carboxylic acids is 1. The fourth-order valence-electron chi connectivity index (χ4n) is 4.29. The quantitative estimate of drug-likeness (QED) is 0.291. The molecule has 0 unspecified atom stereocenters. The Morgan fingerprint density at radius 3 is 2.38 bits per heavy atom. The summed E-state index contributed by atoms with van der Waals surface area (Å²) in [6.07, 6.45) is -2.51. The number of fused-ring (bicyclic) bond motifs is 1. The van der Waals surface area contributed by atoms with E-state index in [4.69, 9.17) is 11.6 Å². The van der Waals surface area contributed by atoms with Gasteiger partial charge in [-0.25, -0.2) is 9.07 Å². The maximum atomic E-state index is 15.8. The lowest BCUT2D eigenvalue weighted by molar-refractivity contribution is -0.140. The van der Waals surface area contributed by atoms with Crippen LogP contribution in [0.2, 0.25) is 5.02 Å². The van der Waals surface area contributed by atoms with Crippen molar-refractivity contribution < 1.29 is 22.4 Å². The van der Waals surface area contributed by atoms with Crippen molar-refractivity contribution in [2.45, 2.75) is 25.4 Å². The highest BCUT2D eigenvalue weighted by Gasteiger charge is 2.38. The molecular formula is C25H18ClF4N3O. The first-order chi connectivity index (χ1) is 16.2. The van der Waals surface area contributed by atoms with E-state index in [1.54, 1.807) is 41.3 Å². The van der Waals surface area contributed by atoms with Gasteiger partial charge in [0.05, 0.1) is 5.69 Å². The molecule has 0 N–H and O–H groups in total. The molecule has 3 aromatic carbocycles. The summed E-state index contributed by atoms with van der Waals surface area (Å²) in [5.74, 6) is -0.793. The smallest absolute Gasteiger partial charge is 0.312 e. The minimum absolute atomic E-state index is 0.0386. The molecule has 5 rings (SSSR count). The number of nitrogens with zero attached hydrogens (tertiary/aromatic N) is 3. The molecule has 0 bridgehead atoms. The molecule has 4 nitrogen and oxygen atoms in total. The van der Waals surface area contributed by atoms with Crippen LogP contribution in [0.3, 0.4) is 0 Å². The Kier molecular flexibility index (Phi) is 5.56. The van der Waals surface area contributed by atoms with Crippen LogP contribution in [0.15, 0.2) is 60.7 Å². The largest absolute Gasteiger partial charge is 0.435 e. The SMILES string of the molecule is O=C1CCCCN1c1ccc(-c2ccc3c(C(F)(F)F)nn(-c4cccc(Cl)c4)c3c2F)cc1. The molecule has 0 spiro atoms. The molecule has 0 saturated carbocycles. The number of hydrogen-bond donors (Lipinski definition) is 0. The van der Waals surface area contributed by atoms with Crippen molar-refractivity contribution in [1.82, 2.24) is 9.78 Å². The van der Waals surface area contributed by atoms with Gasteiger partial charge >= 0.3 is 6.18 Å². The average Bonchev–Trinajstić information content (AvgIpc) is 3.21. The number of piperidine rings is 1. The second-order valence-electron chi connectivity index (χ2n) is 8.11. The van der Waals surface area contributed by atoms with Crippen LogP contribution in [-0.2, 0) is 11.0 Å². The third-order valence-electron chi connectivity index (χ3n) is 5.92. The Bertz CT molecular complexity index is 1400. The second kappa shape index (κ2) is 8.43. The first-order valence-electron chi connectivity index (χ1n) is 10.7. The monoisotopic (exact) mass is 487 g/mol. The van der Waals surface area contributed by atoms with Gasteiger partial charge in [-0.05, 0) is 54.8 Å². The molecule has 1 aliphatic rings. The molecule has 0 aliphatic carbocycles. The second-order valence-corrected chi connectivity index (χ2v) is 8.55. The lowest BCUT2D eigenvalue weighted by atomic mass is 10.0. The highest BCUT2D eigenvalue weighted by molar-refractivity contribution is 6.30. The van der Waals surface area contributed by atoms with Gasteiger partial charge in [-0.15, -0.1) is 0 Å². The molecule has 9 heteroatoms. The normalized spacial score (nSPS) is 14.7. The number of rotatable bonds is 3. The number of benzene rings is 3. The molecule has 1 aromatic heterocycles. The lowest BCUT2D eigenvalue weighted by Crippen LogP contribution is -2.35. The van der Waals surface area contributed by atoms with E-state index in [1.807, 2.05) is 0 Å². The van der Waals surface area contributed by atoms with Gasteiger partial charge in [0.15, 0.2) is 11.5 Å².